The SMILES string of the molecule is O=C(CCl)OC(=O)C(F)(F)F. The van der Waals surface area contributed by atoms with Gasteiger partial charge >= 0.3 is 18.1 Å². The van der Waals surface area contributed by atoms with Crippen molar-refractivity contribution in [1.82, 2.24) is 0 Å². The van der Waals surface area contributed by atoms with Crippen molar-refractivity contribution in [1.29, 1.82) is 0 Å². The molecule has 0 bridgehead atoms. The summed E-state index contributed by atoms with van der Waals surface area (Å²) in [6.45, 7) is 0. The molecule has 0 spiro atoms. The maximum Gasteiger partial charge on any atom is 0.491 e. The average Bonchev–Trinajstić information content (AvgIpc) is 1.85. The summed E-state index contributed by atoms with van der Waals surface area (Å²) in [5.74, 6) is -4.76. The third-order valence-corrected chi connectivity index (χ3v) is 0.765. The van der Waals surface area contributed by atoms with Gasteiger partial charge in [0.1, 0.15) is 5.88 Å². The molecule has 0 heterocycles. The minimum atomic E-state index is -5.15. The molecule has 0 saturated carbocycles. The summed E-state index contributed by atoms with van der Waals surface area (Å²) in [7, 11) is 0. The lowest BCUT2D eigenvalue weighted by Crippen LogP contribution is -2.28. The van der Waals surface area contributed by atoms with Gasteiger partial charge in [-0.15, -0.1) is 11.6 Å². The van der Waals surface area contributed by atoms with Crippen LogP contribution in [0.25, 0.3) is 0 Å². The van der Waals surface area contributed by atoms with Gasteiger partial charge < -0.3 is 4.74 Å². The van der Waals surface area contributed by atoms with E-state index in [9.17, 15) is 22.8 Å². The minimum absolute atomic E-state index is 0.790. The normalized spacial score (nSPS) is 10.9. The summed E-state index contributed by atoms with van der Waals surface area (Å²) in [5.41, 5.74) is 0. The van der Waals surface area contributed by atoms with Gasteiger partial charge in [0.2, 0.25) is 0 Å². The Morgan fingerprint density at radius 2 is 1.82 bits per heavy atom. The fourth-order valence-electron chi connectivity index (χ4n) is 0.189. The highest BCUT2D eigenvalue weighted by Gasteiger charge is 2.42. The second-order valence-corrected chi connectivity index (χ2v) is 1.66. The van der Waals surface area contributed by atoms with Crippen molar-refractivity contribution in [3.63, 3.8) is 0 Å². The third-order valence-electron chi connectivity index (χ3n) is 0.547. The predicted octanol–water partition coefficient (Wildman–Crippen LogP) is 0.857. The molecule has 3 nitrogen and oxygen atoms in total. The van der Waals surface area contributed by atoms with Crippen molar-refractivity contribution in [2.24, 2.45) is 0 Å². The highest BCUT2D eigenvalue weighted by atomic mass is 35.5. The first-order valence-electron chi connectivity index (χ1n) is 2.25. The Morgan fingerprint density at radius 1 is 1.36 bits per heavy atom. The molecule has 0 aromatic carbocycles. The van der Waals surface area contributed by atoms with E-state index in [1.807, 2.05) is 0 Å². The largest absolute Gasteiger partial charge is 0.491 e. The van der Waals surface area contributed by atoms with Crippen molar-refractivity contribution in [3.8, 4) is 0 Å². The number of hydrogen-bond donors (Lipinski definition) is 0. The molecule has 0 N–H and O–H groups in total. The Hall–Kier alpha value is -0.780. The molecule has 0 aliphatic rings. The summed E-state index contributed by atoms with van der Waals surface area (Å²) < 4.78 is 37.1. The van der Waals surface area contributed by atoms with Crippen LogP contribution in [0, 0.1) is 0 Å². The van der Waals surface area contributed by atoms with Crippen molar-refractivity contribution in [2.45, 2.75) is 6.18 Å². The van der Waals surface area contributed by atoms with Gasteiger partial charge in [0.05, 0.1) is 0 Å². The molecule has 0 radical (unpaired) electrons. The zero-order valence-corrected chi connectivity index (χ0v) is 5.70. The van der Waals surface area contributed by atoms with Crippen molar-refractivity contribution >= 4 is 23.5 Å². The molecule has 0 aliphatic carbocycles. The summed E-state index contributed by atoms with van der Waals surface area (Å²) in [4.78, 5) is 19.8. The molecule has 0 amide bonds. The van der Waals surface area contributed by atoms with Crippen LogP contribution in [0.15, 0.2) is 0 Å². The number of rotatable bonds is 1. The third kappa shape index (κ3) is 3.82. The highest BCUT2D eigenvalue weighted by molar-refractivity contribution is 6.27. The lowest BCUT2D eigenvalue weighted by Gasteiger charge is -2.02. The molecule has 11 heavy (non-hydrogen) atoms. The zero-order chi connectivity index (χ0) is 9.07. The van der Waals surface area contributed by atoms with E-state index >= 15 is 0 Å². The summed E-state index contributed by atoms with van der Waals surface area (Å²) in [6.07, 6.45) is -5.15. The fraction of sp³-hybridized carbons (Fsp3) is 0.500. The summed E-state index contributed by atoms with van der Waals surface area (Å²) in [5, 5.41) is 0. The lowest BCUT2D eigenvalue weighted by molar-refractivity contribution is -0.201. The number of ether oxygens (including phenoxy) is 1. The van der Waals surface area contributed by atoms with Crippen LogP contribution >= 0.6 is 11.6 Å². The Balaban J connectivity index is 3.99. The van der Waals surface area contributed by atoms with Crippen molar-refractivity contribution in [3.05, 3.63) is 0 Å². The highest BCUT2D eigenvalue weighted by Crippen LogP contribution is 2.16. The molecular weight excluding hydrogens is 188 g/mol. The van der Waals surface area contributed by atoms with Crippen molar-refractivity contribution < 1.29 is 27.5 Å². The second kappa shape index (κ2) is 3.56. The Kier molecular flexibility index (Phi) is 3.31. The average molecular weight is 191 g/mol. The number of hydrogen-bond acceptors (Lipinski definition) is 3. The molecule has 0 saturated heterocycles. The van der Waals surface area contributed by atoms with Gasteiger partial charge in [0, 0.05) is 0 Å². The molecule has 0 fully saturated rings. The van der Waals surface area contributed by atoms with Crippen molar-refractivity contribution in [2.75, 3.05) is 5.88 Å². The van der Waals surface area contributed by atoms with Gasteiger partial charge in [-0.25, -0.2) is 4.79 Å². The molecule has 7 heteroatoms. The van der Waals surface area contributed by atoms with E-state index in [0.717, 1.165) is 0 Å². The maximum absolute atomic E-state index is 11.3. The van der Waals surface area contributed by atoms with Crippen LogP contribution in [0.3, 0.4) is 0 Å². The van der Waals surface area contributed by atoms with Crippen LogP contribution in [0.1, 0.15) is 0 Å². The van der Waals surface area contributed by atoms with E-state index < -0.39 is 24.0 Å². The molecule has 0 atom stereocenters. The standard InChI is InChI=1S/C4H2ClF3O3/c5-1-2(9)11-3(10)4(6,7)8/h1H2. The topological polar surface area (TPSA) is 43.4 Å². The maximum atomic E-state index is 11.3. The first kappa shape index (κ1) is 10.2. The Morgan fingerprint density at radius 3 is 2.09 bits per heavy atom. The predicted molar refractivity (Wildman–Crippen MR) is 27.9 cm³/mol. The molecule has 0 aromatic heterocycles. The van der Waals surface area contributed by atoms with E-state index in [4.69, 9.17) is 11.6 Å². The van der Waals surface area contributed by atoms with E-state index in [1.54, 1.807) is 0 Å². The number of carbonyl (C=O) groups is 2. The van der Waals surface area contributed by atoms with E-state index in [0.29, 0.717) is 0 Å². The van der Waals surface area contributed by atoms with Gasteiger partial charge in [0.15, 0.2) is 0 Å². The van der Waals surface area contributed by atoms with Gasteiger partial charge in [0.25, 0.3) is 0 Å². The van der Waals surface area contributed by atoms with Gasteiger partial charge in [-0.2, -0.15) is 13.2 Å². The first-order valence-corrected chi connectivity index (χ1v) is 2.79. The Bertz CT molecular complexity index is 176. The number of carbonyl (C=O) groups excluding carboxylic acids is 2. The lowest BCUT2D eigenvalue weighted by atomic mass is 10.6. The number of alkyl halides is 4. The van der Waals surface area contributed by atoms with E-state index in [2.05, 4.69) is 4.74 Å². The molecule has 0 aromatic rings. The summed E-state index contributed by atoms with van der Waals surface area (Å²) in [6, 6.07) is 0. The molecular formula is C4H2ClF3O3. The number of esters is 2. The van der Waals surface area contributed by atoms with Gasteiger partial charge in [-0.1, -0.05) is 0 Å². The van der Waals surface area contributed by atoms with Crippen LogP contribution in [0.5, 0.6) is 0 Å². The van der Waals surface area contributed by atoms with Crippen LogP contribution in [0.2, 0.25) is 0 Å². The fourth-order valence-corrected chi connectivity index (χ4v) is 0.243. The minimum Gasteiger partial charge on any atom is -0.385 e. The van der Waals surface area contributed by atoms with Crippen LogP contribution < -0.4 is 0 Å². The Labute approximate surface area is 64.1 Å². The van der Waals surface area contributed by atoms with Crippen LogP contribution in [-0.4, -0.2) is 24.0 Å². The molecule has 64 valence electrons. The number of halogens is 4. The first-order chi connectivity index (χ1) is 4.88. The molecule has 0 rings (SSSR count). The van der Waals surface area contributed by atoms with E-state index in [-0.39, 0.29) is 0 Å². The monoisotopic (exact) mass is 190 g/mol. The second-order valence-electron chi connectivity index (χ2n) is 1.39. The van der Waals surface area contributed by atoms with Gasteiger partial charge in [-0.05, 0) is 0 Å². The quantitative estimate of drug-likeness (QED) is 0.350. The van der Waals surface area contributed by atoms with E-state index in [1.165, 1.54) is 0 Å². The van der Waals surface area contributed by atoms with Crippen LogP contribution in [-0.2, 0) is 14.3 Å². The molecule has 0 unspecified atom stereocenters. The summed E-state index contributed by atoms with van der Waals surface area (Å²) >= 11 is 4.75. The molecule has 0 aliphatic heterocycles. The smallest absolute Gasteiger partial charge is 0.385 e. The zero-order valence-electron chi connectivity index (χ0n) is 4.94. The van der Waals surface area contributed by atoms with Gasteiger partial charge in [-0.3, -0.25) is 4.79 Å². The van der Waals surface area contributed by atoms with Crippen LogP contribution in [0.4, 0.5) is 13.2 Å².